The summed E-state index contributed by atoms with van der Waals surface area (Å²) in [5.41, 5.74) is 1.85. The van der Waals surface area contributed by atoms with Crippen LogP contribution in [0.3, 0.4) is 0 Å². The van der Waals surface area contributed by atoms with E-state index in [1.54, 1.807) is 24.3 Å². The van der Waals surface area contributed by atoms with Gasteiger partial charge in [-0.15, -0.1) is 10.2 Å². The van der Waals surface area contributed by atoms with Gasteiger partial charge >= 0.3 is 0 Å². The van der Waals surface area contributed by atoms with E-state index in [-0.39, 0.29) is 11.6 Å². The number of carbonyl (C=O) groups is 1. The standard InChI is InChI=1S/C16H17ClN4O2/c1-11-2-3-12(10-13(11)17)18-16(22)14-4-5-15(20-19-14)21-6-8-23-9-7-21/h2-5,10H,6-9H2,1H3,(H,18,22). The summed E-state index contributed by atoms with van der Waals surface area (Å²) in [5, 5.41) is 11.5. The molecule has 1 fully saturated rings. The smallest absolute Gasteiger partial charge is 0.276 e. The molecule has 1 aromatic carbocycles. The third-order valence-corrected chi connectivity index (χ3v) is 4.06. The van der Waals surface area contributed by atoms with E-state index in [4.69, 9.17) is 16.3 Å². The number of aromatic nitrogens is 2. The Balaban J connectivity index is 1.68. The number of carbonyl (C=O) groups excluding carboxylic acids is 1. The summed E-state index contributed by atoms with van der Waals surface area (Å²) in [6.07, 6.45) is 0. The van der Waals surface area contributed by atoms with E-state index in [1.165, 1.54) is 0 Å². The number of amides is 1. The summed E-state index contributed by atoms with van der Waals surface area (Å²) >= 11 is 6.06. The third-order valence-electron chi connectivity index (χ3n) is 3.65. The molecule has 0 bridgehead atoms. The molecule has 0 aliphatic carbocycles. The molecule has 0 radical (unpaired) electrons. The van der Waals surface area contributed by atoms with Gasteiger partial charge in [-0.1, -0.05) is 17.7 Å². The Morgan fingerprint density at radius 1 is 1.22 bits per heavy atom. The van der Waals surface area contributed by atoms with Crippen LogP contribution in [0.4, 0.5) is 11.5 Å². The van der Waals surface area contributed by atoms with E-state index in [9.17, 15) is 4.79 Å². The highest BCUT2D eigenvalue weighted by Gasteiger charge is 2.14. The molecule has 23 heavy (non-hydrogen) atoms. The predicted molar refractivity (Wildman–Crippen MR) is 89.2 cm³/mol. The molecule has 1 N–H and O–H groups in total. The number of morpholine rings is 1. The van der Waals surface area contributed by atoms with Crippen molar-refractivity contribution in [3.8, 4) is 0 Å². The van der Waals surface area contributed by atoms with Crippen molar-refractivity contribution in [3.63, 3.8) is 0 Å². The van der Waals surface area contributed by atoms with Gasteiger partial charge in [0.25, 0.3) is 5.91 Å². The zero-order valence-electron chi connectivity index (χ0n) is 12.8. The van der Waals surface area contributed by atoms with E-state index >= 15 is 0 Å². The predicted octanol–water partition coefficient (Wildman–Crippen LogP) is 2.53. The largest absolute Gasteiger partial charge is 0.378 e. The molecule has 120 valence electrons. The number of nitrogens with zero attached hydrogens (tertiary/aromatic N) is 3. The van der Waals surface area contributed by atoms with Crippen LogP contribution in [-0.2, 0) is 4.74 Å². The van der Waals surface area contributed by atoms with Crippen molar-refractivity contribution in [2.45, 2.75) is 6.92 Å². The molecular formula is C16H17ClN4O2. The van der Waals surface area contributed by atoms with E-state index in [0.29, 0.717) is 23.9 Å². The fraction of sp³-hybridized carbons (Fsp3) is 0.312. The monoisotopic (exact) mass is 332 g/mol. The number of benzene rings is 1. The van der Waals surface area contributed by atoms with Gasteiger partial charge in [0.2, 0.25) is 0 Å². The van der Waals surface area contributed by atoms with Gasteiger partial charge in [-0.2, -0.15) is 0 Å². The molecule has 3 rings (SSSR count). The van der Waals surface area contributed by atoms with Gasteiger partial charge in [0, 0.05) is 23.8 Å². The summed E-state index contributed by atoms with van der Waals surface area (Å²) in [6, 6.07) is 8.84. The normalized spacial score (nSPS) is 14.6. The first kappa shape index (κ1) is 15.7. The number of aryl methyl sites for hydroxylation is 1. The zero-order valence-corrected chi connectivity index (χ0v) is 13.5. The van der Waals surface area contributed by atoms with Crippen LogP contribution in [0.5, 0.6) is 0 Å². The first-order valence-corrected chi connectivity index (χ1v) is 7.75. The molecule has 1 amide bonds. The summed E-state index contributed by atoms with van der Waals surface area (Å²) < 4.78 is 5.30. The second-order valence-corrected chi connectivity index (χ2v) is 5.70. The lowest BCUT2D eigenvalue weighted by atomic mass is 10.2. The molecule has 2 heterocycles. The van der Waals surface area contributed by atoms with Crippen molar-refractivity contribution in [3.05, 3.63) is 46.6 Å². The van der Waals surface area contributed by atoms with Gasteiger partial charge in [0.15, 0.2) is 11.5 Å². The average Bonchev–Trinajstić information content (AvgIpc) is 2.59. The van der Waals surface area contributed by atoms with Gasteiger partial charge in [0.05, 0.1) is 13.2 Å². The molecule has 1 saturated heterocycles. The van der Waals surface area contributed by atoms with E-state index in [1.807, 2.05) is 13.0 Å². The van der Waals surface area contributed by atoms with Crippen LogP contribution in [0.1, 0.15) is 16.1 Å². The van der Waals surface area contributed by atoms with Gasteiger partial charge in [-0.25, -0.2) is 0 Å². The maximum Gasteiger partial charge on any atom is 0.276 e. The number of nitrogens with one attached hydrogen (secondary N) is 1. The molecular weight excluding hydrogens is 316 g/mol. The van der Waals surface area contributed by atoms with Gasteiger partial charge < -0.3 is 15.0 Å². The second kappa shape index (κ2) is 6.93. The van der Waals surface area contributed by atoms with Crippen molar-refractivity contribution in [2.75, 3.05) is 36.5 Å². The highest BCUT2D eigenvalue weighted by atomic mass is 35.5. The number of halogens is 1. The van der Waals surface area contributed by atoms with Crippen LogP contribution in [0.15, 0.2) is 30.3 Å². The van der Waals surface area contributed by atoms with Crippen LogP contribution >= 0.6 is 11.6 Å². The average molecular weight is 333 g/mol. The van der Waals surface area contributed by atoms with Crippen LogP contribution in [0, 0.1) is 6.92 Å². The SMILES string of the molecule is Cc1ccc(NC(=O)c2ccc(N3CCOCC3)nn2)cc1Cl. The van der Waals surface area contributed by atoms with Crippen molar-refractivity contribution in [1.29, 1.82) is 0 Å². The Bertz CT molecular complexity index is 700. The second-order valence-electron chi connectivity index (χ2n) is 5.29. The van der Waals surface area contributed by atoms with E-state index in [0.717, 1.165) is 24.5 Å². The Hall–Kier alpha value is -2.18. The summed E-state index contributed by atoms with van der Waals surface area (Å²) in [4.78, 5) is 14.3. The minimum absolute atomic E-state index is 0.263. The Morgan fingerprint density at radius 2 is 2.00 bits per heavy atom. The highest BCUT2D eigenvalue weighted by Crippen LogP contribution is 2.20. The van der Waals surface area contributed by atoms with Gasteiger partial charge in [-0.3, -0.25) is 4.79 Å². The lowest BCUT2D eigenvalue weighted by Crippen LogP contribution is -2.37. The zero-order chi connectivity index (χ0) is 16.2. The quantitative estimate of drug-likeness (QED) is 0.935. The van der Waals surface area contributed by atoms with E-state index in [2.05, 4.69) is 20.4 Å². The minimum Gasteiger partial charge on any atom is -0.378 e. The number of hydrogen-bond donors (Lipinski definition) is 1. The number of rotatable bonds is 3. The lowest BCUT2D eigenvalue weighted by molar-refractivity contribution is 0.102. The van der Waals surface area contributed by atoms with E-state index < -0.39 is 0 Å². The Labute approximate surface area is 139 Å². The third kappa shape index (κ3) is 3.78. The molecule has 1 aromatic heterocycles. The van der Waals surface area contributed by atoms with Crippen LogP contribution in [0.25, 0.3) is 0 Å². The molecule has 0 saturated carbocycles. The maximum absolute atomic E-state index is 12.2. The van der Waals surface area contributed by atoms with Crippen molar-refractivity contribution >= 4 is 29.0 Å². The molecule has 7 heteroatoms. The fourth-order valence-corrected chi connectivity index (χ4v) is 2.45. The summed E-state index contributed by atoms with van der Waals surface area (Å²) in [7, 11) is 0. The number of anilines is 2. The molecule has 0 spiro atoms. The molecule has 6 nitrogen and oxygen atoms in total. The minimum atomic E-state index is -0.314. The topological polar surface area (TPSA) is 67.4 Å². The van der Waals surface area contributed by atoms with Gasteiger partial charge in [-0.05, 0) is 36.8 Å². The van der Waals surface area contributed by atoms with Gasteiger partial charge in [0.1, 0.15) is 0 Å². The number of hydrogen-bond acceptors (Lipinski definition) is 5. The maximum atomic E-state index is 12.2. The summed E-state index contributed by atoms with van der Waals surface area (Å²) in [5.74, 6) is 0.439. The van der Waals surface area contributed by atoms with Crippen LogP contribution in [0.2, 0.25) is 5.02 Å². The molecule has 1 aliphatic rings. The van der Waals surface area contributed by atoms with Crippen molar-refractivity contribution in [1.82, 2.24) is 10.2 Å². The highest BCUT2D eigenvalue weighted by molar-refractivity contribution is 6.31. The van der Waals surface area contributed by atoms with Crippen LogP contribution in [-0.4, -0.2) is 42.4 Å². The molecule has 1 aliphatic heterocycles. The number of ether oxygens (including phenoxy) is 1. The van der Waals surface area contributed by atoms with Crippen molar-refractivity contribution in [2.24, 2.45) is 0 Å². The van der Waals surface area contributed by atoms with Crippen LogP contribution < -0.4 is 10.2 Å². The molecule has 2 aromatic rings. The Kier molecular flexibility index (Phi) is 4.73. The fourth-order valence-electron chi connectivity index (χ4n) is 2.27. The lowest BCUT2D eigenvalue weighted by Gasteiger charge is -2.27. The van der Waals surface area contributed by atoms with Crippen molar-refractivity contribution < 1.29 is 9.53 Å². The first-order valence-electron chi connectivity index (χ1n) is 7.37. The first-order chi connectivity index (χ1) is 11.1. The summed E-state index contributed by atoms with van der Waals surface area (Å²) in [6.45, 7) is 4.82. The Morgan fingerprint density at radius 3 is 2.65 bits per heavy atom. The molecule has 0 atom stereocenters. The molecule has 0 unspecified atom stereocenters.